The molecule has 0 aliphatic heterocycles. The van der Waals surface area contributed by atoms with E-state index in [1.165, 1.54) is 6.07 Å². The second-order valence-electron chi connectivity index (χ2n) is 2.80. The number of nitriles is 1. The summed E-state index contributed by atoms with van der Waals surface area (Å²) >= 11 is 5.69. The Hall–Kier alpha value is -1.60. The van der Waals surface area contributed by atoms with Gasteiger partial charge in [0.1, 0.15) is 0 Å². The van der Waals surface area contributed by atoms with Gasteiger partial charge in [0.2, 0.25) is 0 Å². The van der Waals surface area contributed by atoms with Crippen LogP contribution in [-0.4, -0.2) is 4.92 Å². The Morgan fingerprint density at radius 2 is 2.29 bits per heavy atom. The molecule has 5 heteroatoms. The maximum Gasteiger partial charge on any atom is 0.274 e. The van der Waals surface area contributed by atoms with Crippen LogP contribution >= 0.6 is 11.6 Å². The average Bonchev–Trinajstić information content (AvgIpc) is 2.10. The van der Waals surface area contributed by atoms with Crippen LogP contribution in [0.5, 0.6) is 0 Å². The van der Waals surface area contributed by atoms with Gasteiger partial charge < -0.3 is 0 Å². The van der Waals surface area contributed by atoms with Crippen molar-refractivity contribution < 1.29 is 4.92 Å². The van der Waals surface area contributed by atoms with E-state index in [1.54, 1.807) is 13.0 Å². The zero-order chi connectivity index (χ0) is 10.7. The highest BCUT2D eigenvalue weighted by Crippen LogP contribution is 2.26. The third-order valence-electron chi connectivity index (χ3n) is 1.92. The lowest BCUT2D eigenvalue weighted by molar-refractivity contribution is -0.385. The molecule has 0 bridgehead atoms. The number of hydrogen-bond donors (Lipinski definition) is 0. The predicted molar refractivity (Wildman–Crippen MR) is 52.2 cm³/mol. The van der Waals surface area contributed by atoms with Crippen LogP contribution in [0.2, 0.25) is 5.02 Å². The van der Waals surface area contributed by atoms with Gasteiger partial charge in [0, 0.05) is 16.7 Å². The van der Waals surface area contributed by atoms with E-state index in [-0.39, 0.29) is 17.1 Å². The molecule has 0 saturated heterocycles. The van der Waals surface area contributed by atoms with Crippen molar-refractivity contribution in [1.29, 1.82) is 5.26 Å². The molecule has 0 saturated carbocycles. The molecule has 0 N–H and O–H groups in total. The summed E-state index contributed by atoms with van der Waals surface area (Å²) in [4.78, 5) is 10.1. The van der Waals surface area contributed by atoms with E-state index in [0.717, 1.165) is 0 Å². The van der Waals surface area contributed by atoms with Gasteiger partial charge in [-0.3, -0.25) is 10.1 Å². The number of halogens is 1. The molecule has 72 valence electrons. The summed E-state index contributed by atoms with van der Waals surface area (Å²) in [6.07, 6.45) is 0.132. The summed E-state index contributed by atoms with van der Waals surface area (Å²) in [6, 6.07) is 4.80. The fraction of sp³-hybridized carbons (Fsp3) is 0.222. The van der Waals surface area contributed by atoms with Crippen LogP contribution in [0.1, 0.15) is 11.1 Å². The molecule has 0 atom stereocenters. The molecule has 4 nitrogen and oxygen atoms in total. The van der Waals surface area contributed by atoms with Crippen LogP contribution in [0.25, 0.3) is 0 Å². The first-order valence-electron chi connectivity index (χ1n) is 3.86. The van der Waals surface area contributed by atoms with E-state index in [9.17, 15) is 10.1 Å². The number of benzene rings is 1. The summed E-state index contributed by atoms with van der Waals surface area (Å²) < 4.78 is 0. The molecule has 0 radical (unpaired) electrons. The Kier molecular flexibility index (Phi) is 3.05. The molecule has 0 fully saturated rings. The zero-order valence-corrected chi connectivity index (χ0v) is 8.21. The Morgan fingerprint density at radius 1 is 1.64 bits per heavy atom. The predicted octanol–water partition coefficient (Wildman–Crippen LogP) is 2.62. The number of nitro groups is 1. The van der Waals surface area contributed by atoms with E-state index < -0.39 is 4.92 Å². The van der Waals surface area contributed by atoms with Gasteiger partial charge in [-0.2, -0.15) is 5.26 Å². The Balaban J connectivity index is 3.33. The van der Waals surface area contributed by atoms with E-state index >= 15 is 0 Å². The van der Waals surface area contributed by atoms with Gasteiger partial charge in [0.25, 0.3) is 5.69 Å². The van der Waals surface area contributed by atoms with Gasteiger partial charge in [-0.05, 0) is 18.6 Å². The monoisotopic (exact) mass is 210 g/mol. The van der Waals surface area contributed by atoms with Gasteiger partial charge in [-0.15, -0.1) is 0 Å². The van der Waals surface area contributed by atoms with Crippen LogP contribution < -0.4 is 0 Å². The fourth-order valence-electron chi connectivity index (χ4n) is 1.18. The van der Waals surface area contributed by atoms with Gasteiger partial charge in [0.15, 0.2) is 0 Å². The summed E-state index contributed by atoms with van der Waals surface area (Å²) in [6.45, 7) is 1.61. The Labute approximate surface area is 85.9 Å². The molecular weight excluding hydrogens is 204 g/mol. The van der Waals surface area contributed by atoms with E-state index in [0.29, 0.717) is 11.1 Å². The average molecular weight is 211 g/mol. The summed E-state index contributed by atoms with van der Waals surface area (Å²) in [5.74, 6) is 0. The van der Waals surface area contributed by atoms with Crippen molar-refractivity contribution >= 4 is 17.3 Å². The summed E-state index contributed by atoms with van der Waals surface area (Å²) in [5.41, 5.74) is 1.07. The summed E-state index contributed by atoms with van der Waals surface area (Å²) in [7, 11) is 0. The number of nitro benzene ring substituents is 1. The van der Waals surface area contributed by atoms with Crippen molar-refractivity contribution in [3.05, 3.63) is 38.4 Å². The lowest BCUT2D eigenvalue weighted by Gasteiger charge is -2.03. The first-order valence-corrected chi connectivity index (χ1v) is 4.24. The molecule has 0 spiro atoms. The first kappa shape index (κ1) is 10.5. The standard InChI is InChI=1S/C9H7ClN2O2/c1-6-7(2-3-11)4-8(10)5-9(6)12(13)14/h4-5H,2H2,1H3. The maximum atomic E-state index is 10.6. The van der Waals surface area contributed by atoms with Gasteiger partial charge in [0.05, 0.1) is 17.4 Å². The van der Waals surface area contributed by atoms with Crippen LogP contribution in [0, 0.1) is 28.4 Å². The minimum atomic E-state index is -0.498. The normalized spacial score (nSPS) is 9.50. The zero-order valence-electron chi connectivity index (χ0n) is 7.45. The van der Waals surface area contributed by atoms with E-state index in [4.69, 9.17) is 16.9 Å². The minimum Gasteiger partial charge on any atom is -0.258 e. The highest BCUT2D eigenvalue weighted by Gasteiger charge is 2.14. The largest absolute Gasteiger partial charge is 0.274 e. The second-order valence-corrected chi connectivity index (χ2v) is 3.24. The molecule has 1 rings (SSSR count). The third kappa shape index (κ3) is 2.01. The molecule has 1 aromatic carbocycles. The highest BCUT2D eigenvalue weighted by atomic mass is 35.5. The molecule has 0 aliphatic carbocycles. The molecule has 0 unspecified atom stereocenters. The highest BCUT2D eigenvalue weighted by molar-refractivity contribution is 6.30. The molecule has 0 heterocycles. The van der Waals surface area contributed by atoms with Crippen LogP contribution in [0.4, 0.5) is 5.69 Å². The molecular formula is C9H7ClN2O2. The van der Waals surface area contributed by atoms with Crippen LogP contribution in [0.15, 0.2) is 12.1 Å². The first-order chi connectivity index (χ1) is 6.56. The Morgan fingerprint density at radius 3 is 2.79 bits per heavy atom. The van der Waals surface area contributed by atoms with Gasteiger partial charge in [-0.1, -0.05) is 11.6 Å². The summed E-state index contributed by atoms with van der Waals surface area (Å²) in [5, 5.41) is 19.4. The minimum absolute atomic E-state index is 0.0391. The maximum absolute atomic E-state index is 10.6. The lowest BCUT2D eigenvalue weighted by atomic mass is 10.0. The lowest BCUT2D eigenvalue weighted by Crippen LogP contribution is -1.96. The quantitative estimate of drug-likeness (QED) is 0.557. The second kappa shape index (κ2) is 4.07. The molecule has 0 aromatic heterocycles. The number of hydrogen-bond acceptors (Lipinski definition) is 3. The van der Waals surface area contributed by atoms with Gasteiger partial charge in [-0.25, -0.2) is 0 Å². The van der Waals surface area contributed by atoms with Crippen molar-refractivity contribution in [1.82, 2.24) is 0 Å². The number of nitrogens with zero attached hydrogens (tertiary/aromatic N) is 2. The molecule has 1 aromatic rings. The smallest absolute Gasteiger partial charge is 0.258 e. The Bertz CT molecular complexity index is 424. The third-order valence-corrected chi connectivity index (χ3v) is 2.14. The van der Waals surface area contributed by atoms with Crippen LogP contribution in [0.3, 0.4) is 0 Å². The van der Waals surface area contributed by atoms with Crippen molar-refractivity contribution in [2.24, 2.45) is 0 Å². The molecule has 14 heavy (non-hydrogen) atoms. The number of rotatable bonds is 2. The van der Waals surface area contributed by atoms with E-state index in [1.807, 2.05) is 6.07 Å². The fourth-order valence-corrected chi connectivity index (χ4v) is 1.41. The van der Waals surface area contributed by atoms with Gasteiger partial charge >= 0.3 is 0 Å². The topological polar surface area (TPSA) is 66.9 Å². The van der Waals surface area contributed by atoms with E-state index in [2.05, 4.69) is 0 Å². The van der Waals surface area contributed by atoms with Crippen molar-refractivity contribution in [3.63, 3.8) is 0 Å². The van der Waals surface area contributed by atoms with Crippen molar-refractivity contribution in [2.45, 2.75) is 13.3 Å². The van der Waals surface area contributed by atoms with Crippen molar-refractivity contribution in [2.75, 3.05) is 0 Å². The molecule has 0 amide bonds. The van der Waals surface area contributed by atoms with Crippen molar-refractivity contribution in [3.8, 4) is 6.07 Å². The molecule has 0 aliphatic rings. The van der Waals surface area contributed by atoms with Crippen LogP contribution in [-0.2, 0) is 6.42 Å². The SMILES string of the molecule is Cc1c(CC#N)cc(Cl)cc1[N+](=O)[O-].